The number of carbonyl (C=O) groups excluding carboxylic acids is 1. The van der Waals surface area contributed by atoms with Gasteiger partial charge in [0.1, 0.15) is 11.5 Å². The number of nitrogens with one attached hydrogen (secondary N) is 2. The summed E-state index contributed by atoms with van der Waals surface area (Å²) in [5.41, 5.74) is 0.913. The minimum atomic E-state index is -3.75. The van der Waals surface area contributed by atoms with Gasteiger partial charge in [0.2, 0.25) is 0 Å². The highest BCUT2D eigenvalue weighted by atomic mass is 79.9. The minimum absolute atomic E-state index is 0.0816. The fourth-order valence-electron chi connectivity index (χ4n) is 2.83. The fraction of sp³-hybridized carbons (Fsp3) is 0.174. The lowest BCUT2D eigenvalue weighted by Gasteiger charge is -2.18. The Balaban J connectivity index is 1.65. The predicted octanol–water partition coefficient (Wildman–Crippen LogP) is 5.05. The molecule has 7 nitrogen and oxygen atoms in total. The van der Waals surface area contributed by atoms with Crippen molar-refractivity contribution >= 4 is 43.2 Å². The van der Waals surface area contributed by atoms with Gasteiger partial charge < -0.3 is 14.8 Å². The Hall–Kier alpha value is -3.04. The molecule has 3 aromatic carbocycles. The molecule has 0 radical (unpaired) electrons. The topological polar surface area (TPSA) is 93.7 Å². The molecule has 0 aliphatic carbocycles. The van der Waals surface area contributed by atoms with Gasteiger partial charge in [0, 0.05) is 21.9 Å². The maximum Gasteiger partial charge on any atom is 0.265 e. The standard InChI is InChI=1S/C23H23BrN2O5S/c1-3-22(31-20-6-4-5-19(15-20)30-2)23(27)25-17-11-13-21(14-12-17)32(28,29)26-18-9-7-16(24)8-10-18/h4-15,22,26H,3H2,1-2H3,(H,25,27). The van der Waals surface area contributed by atoms with E-state index in [0.29, 0.717) is 29.3 Å². The Morgan fingerprint density at radius 2 is 1.59 bits per heavy atom. The number of methoxy groups -OCH3 is 1. The van der Waals surface area contributed by atoms with E-state index in [-0.39, 0.29) is 10.8 Å². The van der Waals surface area contributed by atoms with Crippen LogP contribution in [0.3, 0.4) is 0 Å². The van der Waals surface area contributed by atoms with Gasteiger partial charge in [0.25, 0.3) is 15.9 Å². The van der Waals surface area contributed by atoms with Gasteiger partial charge in [-0.25, -0.2) is 8.42 Å². The lowest BCUT2D eigenvalue weighted by atomic mass is 10.2. The second kappa shape index (κ2) is 10.5. The summed E-state index contributed by atoms with van der Waals surface area (Å²) >= 11 is 3.31. The smallest absolute Gasteiger partial charge is 0.265 e. The predicted molar refractivity (Wildman–Crippen MR) is 128 cm³/mol. The third-order valence-electron chi connectivity index (χ3n) is 4.51. The van der Waals surface area contributed by atoms with E-state index in [2.05, 4.69) is 26.0 Å². The molecule has 1 amide bonds. The van der Waals surface area contributed by atoms with Gasteiger partial charge in [-0.2, -0.15) is 0 Å². The largest absolute Gasteiger partial charge is 0.497 e. The van der Waals surface area contributed by atoms with Crippen LogP contribution in [0, 0.1) is 0 Å². The number of hydrogen-bond donors (Lipinski definition) is 2. The van der Waals surface area contributed by atoms with E-state index in [0.717, 1.165) is 4.47 Å². The van der Waals surface area contributed by atoms with Crippen molar-refractivity contribution in [3.05, 3.63) is 77.3 Å². The van der Waals surface area contributed by atoms with Crippen LogP contribution in [0.25, 0.3) is 0 Å². The summed E-state index contributed by atoms with van der Waals surface area (Å²) in [6.07, 6.45) is -0.267. The van der Waals surface area contributed by atoms with Gasteiger partial charge in [-0.3, -0.25) is 9.52 Å². The number of sulfonamides is 1. The molecular weight excluding hydrogens is 496 g/mol. The Morgan fingerprint density at radius 3 is 2.22 bits per heavy atom. The van der Waals surface area contributed by atoms with Gasteiger partial charge in [0.05, 0.1) is 12.0 Å². The molecule has 0 aliphatic heterocycles. The molecule has 0 aliphatic rings. The van der Waals surface area contributed by atoms with Crippen molar-refractivity contribution in [2.75, 3.05) is 17.1 Å². The molecule has 3 rings (SSSR count). The van der Waals surface area contributed by atoms with Crippen molar-refractivity contribution in [2.24, 2.45) is 0 Å². The average Bonchev–Trinajstić information content (AvgIpc) is 2.79. The average molecular weight is 519 g/mol. The van der Waals surface area contributed by atoms with Gasteiger partial charge in [-0.05, 0) is 67.1 Å². The van der Waals surface area contributed by atoms with Gasteiger partial charge >= 0.3 is 0 Å². The fourth-order valence-corrected chi connectivity index (χ4v) is 4.16. The summed E-state index contributed by atoms with van der Waals surface area (Å²) < 4.78 is 39.5. The summed E-state index contributed by atoms with van der Waals surface area (Å²) in [5, 5.41) is 2.76. The Kier molecular flexibility index (Phi) is 7.76. The van der Waals surface area contributed by atoms with Crippen molar-refractivity contribution in [3.8, 4) is 11.5 Å². The number of rotatable bonds is 9. The van der Waals surface area contributed by atoms with E-state index in [1.807, 2.05) is 6.92 Å². The Labute approximate surface area is 195 Å². The van der Waals surface area contributed by atoms with Crippen LogP contribution in [0.2, 0.25) is 0 Å². The van der Waals surface area contributed by atoms with Crippen LogP contribution >= 0.6 is 15.9 Å². The maximum absolute atomic E-state index is 12.7. The van der Waals surface area contributed by atoms with E-state index in [4.69, 9.17) is 9.47 Å². The molecule has 1 atom stereocenters. The second-order valence-corrected chi connectivity index (χ2v) is 9.42. The van der Waals surface area contributed by atoms with Gasteiger partial charge in [-0.1, -0.05) is 28.9 Å². The zero-order chi connectivity index (χ0) is 23.1. The maximum atomic E-state index is 12.7. The number of benzene rings is 3. The minimum Gasteiger partial charge on any atom is -0.497 e. The zero-order valence-corrected chi connectivity index (χ0v) is 19.9. The number of anilines is 2. The molecule has 0 heterocycles. The van der Waals surface area contributed by atoms with E-state index < -0.39 is 16.1 Å². The molecular formula is C23H23BrN2O5S. The molecule has 0 spiro atoms. The van der Waals surface area contributed by atoms with Crippen molar-refractivity contribution < 1.29 is 22.7 Å². The van der Waals surface area contributed by atoms with Crippen LogP contribution in [-0.2, 0) is 14.8 Å². The van der Waals surface area contributed by atoms with E-state index >= 15 is 0 Å². The molecule has 32 heavy (non-hydrogen) atoms. The van der Waals surface area contributed by atoms with Crippen molar-refractivity contribution in [3.63, 3.8) is 0 Å². The molecule has 0 fully saturated rings. The SMILES string of the molecule is CCC(Oc1cccc(OC)c1)C(=O)Nc1ccc(S(=O)(=O)Nc2ccc(Br)cc2)cc1. The highest BCUT2D eigenvalue weighted by Crippen LogP contribution is 2.22. The van der Waals surface area contributed by atoms with Crippen LogP contribution in [0.5, 0.6) is 11.5 Å². The molecule has 0 saturated carbocycles. The van der Waals surface area contributed by atoms with Crippen LogP contribution in [0.15, 0.2) is 82.2 Å². The number of ether oxygens (including phenoxy) is 2. The summed E-state index contributed by atoms with van der Waals surface area (Å²) in [6.45, 7) is 1.84. The quantitative estimate of drug-likeness (QED) is 0.413. The summed E-state index contributed by atoms with van der Waals surface area (Å²) in [6, 6.07) is 19.7. The molecule has 1 unspecified atom stereocenters. The lowest BCUT2D eigenvalue weighted by Crippen LogP contribution is -2.32. The van der Waals surface area contributed by atoms with E-state index in [9.17, 15) is 13.2 Å². The monoisotopic (exact) mass is 518 g/mol. The van der Waals surface area contributed by atoms with Crippen LogP contribution in [0.1, 0.15) is 13.3 Å². The normalized spacial score (nSPS) is 12.0. The number of hydrogen-bond acceptors (Lipinski definition) is 5. The van der Waals surface area contributed by atoms with Gasteiger partial charge in [-0.15, -0.1) is 0 Å². The lowest BCUT2D eigenvalue weighted by molar-refractivity contribution is -0.122. The van der Waals surface area contributed by atoms with Crippen LogP contribution < -0.4 is 19.5 Å². The third-order valence-corrected chi connectivity index (χ3v) is 6.44. The zero-order valence-electron chi connectivity index (χ0n) is 17.5. The van der Waals surface area contributed by atoms with Crippen molar-refractivity contribution in [2.45, 2.75) is 24.3 Å². The molecule has 9 heteroatoms. The van der Waals surface area contributed by atoms with E-state index in [1.165, 1.54) is 24.3 Å². The second-order valence-electron chi connectivity index (χ2n) is 6.82. The number of carbonyl (C=O) groups is 1. The first kappa shape index (κ1) is 23.6. The molecule has 0 bridgehead atoms. The van der Waals surface area contributed by atoms with Gasteiger partial charge in [0.15, 0.2) is 6.10 Å². The summed E-state index contributed by atoms with van der Waals surface area (Å²) in [5.74, 6) is 0.817. The van der Waals surface area contributed by atoms with Crippen LogP contribution in [-0.4, -0.2) is 27.5 Å². The van der Waals surface area contributed by atoms with Crippen molar-refractivity contribution in [1.29, 1.82) is 0 Å². The first-order chi connectivity index (χ1) is 15.3. The molecule has 0 saturated heterocycles. The van der Waals surface area contributed by atoms with Crippen molar-refractivity contribution in [1.82, 2.24) is 0 Å². The summed E-state index contributed by atoms with van der Waals surface area (Å²) in [4.78, 5) is 12.7. The first-order valence-electron chi connectivity index (χ1n) is 9.81. The Bertz CT molecular complexity index is 1170. The number of halogens is 1. The molecule has 168 valence electrons. The third kappa shape index (κ3) is 6.24. The molecule has 3 aromatic rings. The van der Waals surface area contributed by atoms with E-state index in [1.54, 1.807) is 55.6 Å². The number of amides is 1. The molecule has 0 aromatic heterocycles. The summed E-state index contributed by atoms with van der Waals surface area (Å²) in [7, 11) is -2.20. The highest BCUT2D eigenvalue weighted by Gasteiger charge is 2.20. The highest BCUT2D eigenvalue weighted by molar-refractivity contribution is 9.10. The first-order valence-corrected chi connectivity index (χ1v) is 12.1. The Morgan fingerprint density at radius 1 is 0.969 bits per heavy atom. The molecule has 2 N–H and O–H groups in total. The van der Waals surface area contributed by atoms with Crippen LogP contribution in [0.4, 0.5) is 11.4 Å².